The van der Waals surface area contributed by atoms with Gasteiger partial charge in [-0.1, -0.05) is 12.1 Å². The van der Waals surface area contributed by atoms with Crippen LogP contribution in [0.15, 0.2) is 40.8 Å². The predicted octanol–water partition coefficient (Wildman–Crippen LogP) is 2.02. The Morgan fingerprint density at radius 1 is 1.17 bits per heavy atom. The maximum atomic E-state index is 9.41. The second-order valence-corrected chi connectivity index (χ2v) is 3.76. The molecule has 0 fully saturated rings. The van der Waals surface area contributed by atoms with Crippen LogP contribution in [-0.4, -0.2) is 20.3 Å². The van der Waals surface area contributed by atoms with Gasteiger partial charge in [-0.15, -0.1) is 5.10 Å². The monoisotopic (exact) mass is 242 g/mol. The average Bonchev–Trinajstić information content (AvgIpc) is 2.97. The van der Waals surface area contributed by atoms with Crippen molar-refractivity contribution in [3.05, 3.63) is 36.4 Å². The smallest absolute Gasteiger partial charge is 0.239 e. The average molecular weight is 242 g/mol. The minimum Gasteiger partial charge on any atom is -0.508 e. The first-order valence-corrected chi connectivity index (χ1v) is 5.30. The molecule has 0 aliphatic rings. The number of phenols is 1. The molecular weight excluding hydrogens is 232 g/mol. The Balaban J connectivity index is 1.99. The van der Waals surface area contributed by atoms with Gasteiger partial charge in [0.15, 0.2) is 11.6 Å². The molecule has 6 nitrogen and oxygen atoms in total. The Bertz CT molecular complexity index is 687. The molecule has 0 radical (unpaired) electrons. The van der Waals surface area contributed by atoms with Gasteiger partial charge >= 0.3 is 0 Å². The molecule has 3 aromatic rings. The first-order valence-electron chi connectivity index (χ1n) is 5.30. The van der Waals surface area contributed by atoms with Gasteiger partial charge in [0.05, 0.1) is 0 Å². The summed E-state index contributed by atoms with van der Waals surface area (Å²) in [4.78, 5) is 3.97. The fourth-order valence-electron chi connectivity index (χ4n) is 1.66. The molecular formula is C12H10N4O2. The van der Waals surface area contributed by atoms with Crippen molar-refractivity contribution < 1.29 is 9.52 Å². The second-order valence-electron chi connectivity index (χ2n) is 3.76. The van der Waals surface area contributed by atoms with Gasteiger partial charge in [0.1, 0.15) is 11.5 Å². The van der Waals surface area contributed by atoms with Gasteiger partial charge in [0, 0.05) is 5.56 Å². The molecule has 0 saturated carbocycles. The van der Waals surface area contributed by atoms with Crippen molar-refractivity contribution in [1.29, 1.82) is 0 Å². The molecule has 0 unspecified atom stereocenters. The Morgan fingerprint density at radius 2 is 2.00 bits per heavy atom. The molecule has 90 valence electrons. The normalized spacial score (nSPS) is 10.7. The van der Waals surface area contributed by atoms with E-state index in [-0.39, 0.29) is 11.7 Å². The van der Waals surface area contributed by atoms with Crippen molar-refractivity contribution in [2.75, 3.05) is 5.73 Å². The highest BCUT2D eigenvalue weighted by Gasteiger charge is 2.10. The molecule has 6 heteroatoms. The number of nitrogens with zero attached hydrogens (tertiary/aromatic N) is 2. The summed E-state index contributed by atoms with van der Waals surface area (Å²) in [6, 6.07) is 10.4. The summed E-state index contributed by atoms with van der Waals surface area (Å²) in [6.07, 6.45) is 0. The largest absolute Gasteiger partial charge is 0.508 e. The molecule has 3 rings (SSSR count). The van der Waals surface area contributed by atoms with E-state index < -0.39 is 0 Å². The number of hydrogen-bond donors (Lipinski definition) is 3. The fourth-order valence-corrected chi connectivity index (χ4v) is 1.66. The van der Waals surface area contributed by atoms with Gasteiger partial charge in [-0.3, -0.25) is 5.10 Å². The van der Waals surface area contributed by atoms with E-state index in [0.717, 1.165) is 5.56 Å². The summed E-state index contributed by atoms with van der Waals surface area (Å²) in [7, 11) is 0. The molecule has 4 N–H and O–H groups in total. The molecule has 0 aliphatic heterocycles. The van der Waals surface area contributed by atoms with Crippen LogP contribution in [0, 0.1) is 0 Å². The number of nitrogen functional groups attached to an aromatic ring is 1. The van der Waals surface area contributed by atoms with E-state index in [0.29, 0.717) is 17.3 Å². The molecule has 1 aromatic carbocycles. The molecule has 0 atom stereocenters. The number of rotatable bonds is 2. The zero-order valence-corrected chi connectivity index (χ0v) is 9.29. The van der Waals surface area contributed by atoms with E-state index in [9.17, 15) is 5.11 Å². The number of anilines is 1. The highest BCUT2D eigenvalue weighted by molar-refractivity contribution is 5.63. The van der Waals surface area contributed by atoms with Crippen molar-refractivity contribution in [1.82, 2.24) is 15.2 Å². The first-order chi connectivity index (χ1) is 8.72. The Labute approximate surface area is 102 Å². The van der Waals surface area contributed by atoms with Crippen LogP contribution in [-0.2, 0) is 0 Å². The number of phenolic OH excluding ortho intramolecular Hbond substituents is 1. The molecule has 2 heterocycles. The Hall–Kier alpha value is -2.76. The van der Waals surface area contributed by atoms with E-state index in [4.69, 9.17) is 10.2 Å². The van der Waals surface area contributed by atoms with Gasteiger partial charge in [-0.05, 0) is 24.3 Å². The number of aromatic amines is 1. The van der Waals surface area contributed by atoms with Gasteiger partial charge in [-0.2, -0.15) is 4.98 Å². The summed E-state index contributed by atoms with van der Waals surface area (Å²) >= 11 is 0. The zero-order valence-electron chi connectivity index (χ0n) is 9.29. The van der Waals surface area contributed by atoms with E-state index >= 15 is 0 Å². The van der Waals surface area contributed by atoms with Gasteiger partial charge in [0.25, 0.3) is 0 Å². The topological polar surface area (TPSA) is 101 Å². The first kappa shape index (κ1) is 10.4. The molecule has 2 aromatic heterocycles. The van der Waals surface area contributed by atoms with Crippen LogP contribution in [0.5, 0.6) is 5.75 Å². The number of nitrogens with two attached hydrogens (primary N) is 1. The number of aromatic hydroxyl groups is 1. The summed E-state index contributed by atoms with van der Waals surface area (Å²) in [5.74, 6) is 2.00. The van der Waals surface area contributed by atoms with E-state index in [1.165, 1.54) is 0 Å². The minimum absolute atomic E-state index is 0.167. The second kappa shape index (κ2) is 3.92. The molecule has 0 spiro atoms. The molecule has 0 aliphatic carbocycles. The van der Waals surface area contributed by atoms with Crippen molar-refractivity contribution >= 4 is 5.95 Å². The predicted molar refractivity (Wildman–Crippen MR) is 65.6 cm³/mol. The minimum atomic E-state index is 0.167. The van der Waals surface area contributed by atoms with Crippen molar-refractivity contribution in [3.8, 4) is 28.7 Å². The third-order valence-corrected chi connectivity index (χ3v) is 2.47. The Morgan fingerprint density at radius 3 is 2.72 bits per heavy atom. The summed E-state index contributed by atoms with van der Waals surface area (Å²) in [6.45, 7) is 0. The van der Waals surface area contributed by atoms with Gasteiger partial charge in [0.2, 0.25) is 5.95 Å². The molecule has 0 saturated heterocycles. The van der Waals surface area contributed by atoms with Crippen molar-refractivity contribution in [2.45, 2.75) is 0 Å². The maximum Gasteiger partial charge on any atom is 0.239 e. The summed E-state index contributed by atoms with van der Waals surface area (Å²) in [5, 5.41) is 15.8. The van der Waals surface area contributed by atoms with Crippen molar-refractivity contribution in [3.63, 3.8) is 0 Å². The van der Waals surface area contributed by atoms with Crippen LogP contribution in [0.3, 0.4) is 0 Å². The number of furan rings is 1. The maximum absolute atomic E-state index is 9.41. The lowest BCUT2D eigenvalue weighted by atomic mass is 10.2. The molecule has 0 amide bonds. The number of hydrogen-bond acceptors (Lipinski definition) is 5. The highest BCUT2D eigenvalue weighted by Crippen LogP contribution is 2.28. The van der Waals surface area contributed by atoms with E-state index in [1.54, 1.807) is 30.3 Å². The van der Waals surface area contributed by atoms with Crippen LogP contribution in [0.2, 0.25) is 0 Å². The standard InChI is InChI=1S/C12H10N4O2/c13-12-14-11(15-16-12)10-5-4-9(18-10)7-2-1-3-8(17)6-7/h1-6,17H,(H3,13,14,15,16). The lowest BCUT2D eigenvalue weighted by Crippen LogP contribution is -1.85. The van der Waals surface area contributed by atoms with E-state index in [1.807, 2.05) is 6.07 Å². The number of aromatic nitrogens is 3. The van der Waals surface area contributed by atoms with Gasteiger partial charge < -0.3 is 15.3 Å². The third-order valence-electron chi connectivity index (χ3n) is 2.47. The number of benzene rings is 1. The third kappa shape index (κ3) is 1.80. The van der Waals surface area contributed by atoms with Crippen LogP contribution in [0.1, 0.15) is 0 Å². The van der Waals surface area contributed by atoms with Crippen LogP contribution in [0.4, 0.5) is 5.95 Å². The molecule has 0 bridgehead atoms. The summed E-state index contributed by atoms with van der Waals surface area (Å²) < 4.78 is 5.62. The Kier molecular flexibility index (Phi) is 2.26. The van der Waals surface area contributed by atoms with Crippen molar-refractivity contribution in [2.24, 2.45) is 0 Å². The molecule has 18 heavy (non-hydrogen) atoms. The lowest BCUT2D eigenvalue weighted by Gasteiger charge is -1.97. The van der Waals surface area contributed by atoms with E-state index in [2.05, 4.69) is 15.2 Å². The number of nitrogens with one attached hydrogen (secondary N) is 1. The fraction of sp³-hybridized carbons (Fsp3) is 0. The summed E-state index contributed by atoms with van der Waals surface area (Å²) in [5.41, 5.74) is 6.21. The van der Waals surface area contributed by atoms with Crippen LogP contribution >= 0.6 is 0 Å². The van der Waals surface area contributed by atoms with Crippen LogP contribution < -0.4 is 5.73 Å². The lowest BCUT2D eigenvalue weighted by molar-refractivity contribution is 0.475. The highest BCUT2D eigenvalue weighted by atomic mass is 16.3. The van der Waals surface area contributed by atoms with Gasteiger partial charge in [-0.25, -0.2) is 0 Å². The zero-order chi connectivity index (χ0) is 12.5. The quantitative estimate of drug-likeness (QED) is 0.638. The van der Waals surface area contributed by atoms with Crippen LogP contribution in [0.25, 0.3) is 22.9 Å². The SMILES string of the molecule is Nc1n[nH]c(-c2ccc(-c3cccc(O)c3)o2)n1. The number of H-pyrrole nitrogens is 1.